The molecule has 3 aromatic carbocycles. The molecule has 0 aromatic heterocycles. The number of anilines is 1. The van der Waals surface area contributed by atoms with E-state index in [2.05, 4.69) is 10.3 Å². The second kappa shape index (κ2) is 11.5. The molecule has 36 heavy (non-hydrogen) atoms. The van der Waals surface area contributed by atoms with Crippen molar-refractivity contribution in [2.24, 2.45) is 4.99 Å². The molecule has 1 saturated heterocycles. The SMILES string of the molecule is COc1ccc(CCN2C(=O)C[C@H](C(=O)Nc3ccc(C(=O)[O-])cc3)SC2=Nc2ccccc2)cc1. The maximum absolute atomic E-state index is 13.2. The van der Waals surface area contributed by atoms with Crippen molar-refractivity contribution < 1.29 is 24.2 Å². The number of aliphatic imine (C=N–C) groups is 1. The number of nitrogens with one attached hydrogen (secondary N) is 1. The average Bonchev–Trinajstić information content (AvgIpc) is 2.89. The summed E-state index contributed by atoms with van der Waals surface area (Å²) in [7, 11) is 1.61. The summed E-state index contributed by atoms with van der Waals surface area (Å²) in [5, 5.41) is 13.5. The topological polar surface area (TPSA) is 111 Å². The second-order valence-corrected chi connectivity index (χ2v) is 9.21. The molecule has 0 bridgehead atoms. The molecule has 1 heterocycles. The number of hydrogen-bond acceptors (Lipinski definition) is 7. The minimum atomic E-state index is -1.29. The molecule has 3 aromatic rings. The molecule has 1 aliphatic rings. The summed E-state index contributed by atoms with van der Waals surface area (Å²) in [4.78, 5) is 43.4. The summed E-state index contributed by atoms with van der Waals surface area (Å²) < 4.78 is 5.20. The number of rotatable bonds is 8. The third-order valence-electron chi connectivity index (χ3n) is 5.58. The molecule has 0 saturated carbocycles. The van der Waals surface area contributed by atoms with Crippen LogP contribution in [0, 0.1) is 0 Å². The van der Waals surface area contributed by atoms with E-state index in [0.29, 0.717) is 29.5 Å². The van der Waals surface area contributed by atoms with Crippen molar-refractivity contribution in [3.63, 3.8) is 0 Å². The van der Waals surface area contributed by atoms with Crippen molar-refractivity contribution in [3.05, 3.63) is 90.0 Å². The summed E-state index contributed by atoms with van der Waals surface area (Å²) in [6.07, 6.45) is 0.635. The molecule has 0 spiro atoms. The van der Waals surface area contributed by atoms with Crippen molar-refractivity contribution in [3.8, 4) is 5.75 Å². The standard InChI is InChI=1S/C27H25N3O5S/c1-35-22-13-7-18(8-14-22)15-16-30-24(31)17-23(36-27(30)29-20-5-3-2-4-6-20)25(32)28-21-11-9-19(10-12-21)26(33)34/h2-14,23H,15-17H2,1H3,(H,28,32)(H,33,34)/p-1/t23-/m1/s1. The molecular formula is C27H24N3O5S-. The molecule has 4 rings (SSSR count). The van der Waals surface area contributed by atoms with Gasteiger partial charge in [0.25, 0.3) is 0 Å². The Balaban J connectivity index is 1.50. The summed E-state index contributed by atoms with van der Waals surface area (Å²) in [6.45, 7) is 0.419. The number of hydrogen-bond donors (Lipinski definition) is 1. The van der Waals surface area contributed by atoms with Gasteiger partial charge in [-0.15, -0.1) is 0 Å². The molecule has 8 nitrogen and oxygen atoms in total. The summed E-state index contributed by atoms with van der Waals surface area (Å²) >= 11 is 1.23. The number of aromatic carboxylic acids is 1. The number of ether oxygens (including phenoxy) is 1. The van der Waals surface area contributed by atoms with Gasteiger partial charge in [-0.3, -0.25) is 14.5 Å². The lowest BCUT2D eigenvalue weighted by molar-refractivity contribution is -0.255. The summed E-state index contributed by atoms with van der Waals surface area (Å²) in [6, 6.07) is 22.6. The van der Waals surface area contributed by atoms with Crippen molar-refractivity contribution >= 4 is 46.1 Å². The van der Waals surface area contributed by atoms with E-state index in [4.69, 9.17) is 4.74 Å². The van der Waals surface area contributed by atoms with Crippen LogP contribution < -0.4 is 15.2 Å². The number of amidine groups is 1. The number of thioether (sulfide) groups is 1. The molecular weight excluding hydrogens is 478 g/mol. The quantitative estimate of drug-likeness (QED) is 0.506. The van der Waals surface area contributed by atoms with Gasteiger partial charge in [0.05, 0.1) is 18.8 Å². The van der Waals surface area contributed by atoms with Gasteiger partial charge in [0.2, 0.25) is 11.8 Å². The van der Waals surface area contributed by atoms with E-state index in [1.54, 1.807) is 12.0 Å². The van der Waals surface area contributed by atoms with Crippen LogP contribution in [0.5, 0.6) is 5.75 Å². The zero-order valence-electron chi connectivity index (χ0n) is 19.5. The van der Waals surface area contributed by atoms with Crippen molar-refractivity contribution in [2.75, 3.05) is 19.0 Å². The predicted octanol–water partition coefficient (Wildman–Crippen LogP) is 3.26. The third kappa shape index (κ3) is 6.31. The lowest BCUT2D eigenvalue weighted by Gasteiger charge is -2.32. The van der Waals surface area contributed by atoms with Crippen LogP contribution in [0.25, 0.3) is 0 Å². The fourth-order valence-corrected chi connectivity index (χ4v) is 4.74. The van der Waals surface area contributed by atoms with Crippen molar-refractivity contribution in [1.29, 1.82) is 0 Å². The first-order valence-electron chi connectivity index (χ1n) is 11.3. The van der Waals surface area contributed by atoms with E-state index in [1.165, 1.54) is 36.0 Å². The smallest absolute Gasteiger partial charge is 0.238 e. The van der Waals surface area contributed by atoms with Gasteiger partial charge in [-0.1, -0.05) is 54.2 Å². The summed E-state index contributed by atoms with van der Waals surface area (Å²) in [5.41, 5.74) is 2.18. The Kier molecular flexibility index (Phi) is 8.02. The minimum Gasteiger partial charge on any atom is -0.545 e. The molecule has 9 heteroatoms. The minimum absolute atomic E-state index is 0.0139. The Hall–Kier alpha value is -4.11. The molecule has 1 N–H and O–H groups in total. The molecule has 0 radical (unpaired) electrons. The monoisotopic (exact) mass is 502 g/mol. The maximum atomic E-state index is 13.2. The number of benzene rings is 3. The van der Waals surface area contributed by atoms with Gasteiger partial charge in [-0.25, -0.2) is 4.99 Å². The normalized spacial score (nSPS) is 16.6. The van der Waals surface area contributed by atoms with Gasteiger partial charge in [0.15, 0.2) is 5.17 Å². The van der Waals surface area contributed by atoms with Gasteiger partial charge in [0, 0.05) is 18.7 Å². The number of amides is 2. The first kappa shape index (κ1) is 25.0. The molecule has 1 atom stereocenters. The number of carboxylic acid groups (broad SMARTS) is 1. The first-order chi connectivity index (χ1) is 17.4. The molecule has 0 unspecified atom stereocenters. The first-order valence-corrected chi connectivity index (χ1v) is 12.2. The van der Waals surface area contributed by atoms with E-state index in [-0.39, 0.29) is 23.8 Å². The van der Waals surface area contributed by atoms with Gasteiger partial charge in [-0.2, -0.15) is 0 Å². The molecule has 1 fully saturated rings. The molecule has 184 valence electrons. The highest BCUT2D eigenvalue weighted by Gasteiger charge is 2.35. The van der Waals surface area contributed by atoms with Crippen LogP contribution in [0.4, 0.5) is 11.4 Å². The van der Waals surface area contributed by atoms with Crippen LogP contribution in [0.15, 0.2) is 83.9 Å². The van der Waals surface area contributed by atoms with E-state index in [9.17, 15) is 19.5 Å². The highest BCUT2D eigenvalue weighted by atomic mass is 32.2. The Labute approximate surface area is 213 Å². The van der Waals surface area contributed by atoms with E-state index in [0.717, 1.165) is 11.3 Å². The highest BCUT2D eigenvalue weighted by molar-refractivity contribution is 8.15. The molecule has 2 amide bonds. The van der Waals surface area contributed by atoms with Gasteiger partial charge in [0.1, 0.15) is 11.0 Å². The number of carbonyl (C=O) groups excluding carboxylic acids is 3. The second-order valence-electron chi connectivity index (χ2n) is 8.04. The van der Waals surface area contributed by atoms with E-state index in [1.807, 2.05) is 54.6 Å². The molecule has 0 aliphatic carbocycles. The average molecular weight is 503 g/mol. The van der Waals surface area contributed by atoms with Crippen LogP contribution >= 0.6 is 11.8 Å². The number of methoxy groups -OCH3 is 1. The fraction of sp³-hybridized carbons (Fsp3) is 0.185. The lowest BCUT2D eigenvalue weighted by atomic mass is 10.1. The van der Waals surface area contributed by atoms with Gasteiger partial charge < -0.3 is 20.0 Å². The zero-order valence-corrected chi connectivity index (χ0v) is 20.4. The third-order valence-corrected chi connectivity index (χ3v) is 6.77. The Morgan fingerprint density at radius 2 is 1.75 bits per heavy atom. The number of nitrogens with zero attached hydrogens (tertiary/aromatic N) is 2. The van der Waals surface area contributed by atoms with E-state index < -0.39 is 11.2 Å². The van der Waals surface area contributed by atoms with Crippen LogP contribution in [-0.2, 0) is 16.0 Å². The zero-order chi connectivity index (χ0) is 25.5. The Bertz CT molecular complexity index is 1260. The van der Waals surface area contributed by atoms with Crippen molar-refractivity contribution in [2.45, 2.75) is 18.1 Å². The lowest BCUT2D eigenvalue weighted by Crippen LogP contribution is -2.46. The van der Waals surface area contributed by atoms with E-state index >= 15 is 0 Å². The van der Waals surface area contributed by atoms with Gasteiger partial charge >= 0.3 is 0 Å². The fourth-order valence-electron chi connectivity index (χ4n) is 3.62. The number of carboxylic acids is 1. The maximum Gasteiger partial charge on any atom is 0.238 e. The number of para-hydroxylation sites is 1. The number of carbonyl (C=O) groups is 3. The highest BCUT2D eigenvalue weighted by Crippen LogP contribution is 2.30. The Morgan fingerprint density at radius 1 is 1.06 bits per heavy atom. The van der Waals surface area contributed by atoms with Gasteiger partial charge in [-0.05, 0) is 53.9 Å². The predicted molar refractivity (Wildman–Crippen MR) is 137 cm³/mol. The largest absolute Gasteiger partial charge is 0.545 e. The Morgan fingerprint density at radius 3 is 2.39 bits per heavy atom. The van der Waals surface area contributed by atoms with Crippen LogP contribution in [0.2, 0.25) is 0 Å². The molecule has 1 aliphatic heterocycles. The van der Waals surface area contributed by atoms with Crippen LogP contribution in [-0.4, -0.2) is 46.8 Å². The van der Waals surface area contributed by atoms with Crippen LogP contribution in [0.1, 0.15) is 22.3 Å². The summed E-state index contributed by atoms with van der Waals surface area (Å²) in [5.74, 6) is -1.08. The van der Waals surface area contributed by atoms with Crippen LogP contribution in [0.3, 0.4) is 0 Å². The van der Waals surface area contributed by atoms with Crippen molar-refractivity contribution in [1.82, 2.24) is 4.90 Å².